The molecule has 1 unspecified atom stereocenters. The van der Waals surface area contributed by atoms with Crippen molar-refractivity contribution < 1.29 is 0 Å². The van der Waals surface area contributed by atoms with Crippen LogP contribution >= 0.6 is 43.2 Å². The fraction of sp³-hybridized carbons (Fsp3) is 0.375. The van der Waals surface area contributed by atoms with Gasteiger partial charge in [0.05, 0.1) is 0 Å². The van der Waals surface area contributed by atoms with Crippen LogP contribution in [-0.2, 0) is 5.41 Å². The molecule has 0 radical (unpaired) electrons. The Morgan fingerprint density at radius 2 is 2.00 bits per heavy atom. The lowest BCUT2D eigenvalue weighted by Gasteiger charge is -2.27. The first-order chi connectivity index (χ1) is 9.40. The van der Waals surface area contributed by atoms with E-state index < -0.39 is 0 Å². The number of halogens is 2. The number of hydrogen-bond donors (Lipinski definition) is 1. The summed E-state index contributed by atoms with van der Waals surface area (Å²) in [6.45, 7) is 7.74. The first-order valence-electron chi connectivity index (χ1n) is 6.62. The predicted molar refractivity (Wildman–Crippen MR) is 95.6 cm³/mol. The highest BCUT2D eigenvalue weighted by molar-refractivity contribution is 9.11. The topological polar surface area (TPSA) is 12.0 Å². The van der Waals surface area contributed by atoms with Crippen LogP contribution in [0.25, 0.3) is 0 Å². The highest BCUT2D eigenvalue weighted by Crippen LogP contribution is 2.30. The van der Waals surface area contributed by atoms with E-state index in [9.17, 15) is 0 Å². The highest BCUT2D eigenvalue weighted by Gasteiger charge is 2.22. The largest absolute Gasteiger partial charge is 0.309 e. The summed E-state index contributed by atoms with van der Waals surface area (Å²) in [5, 5.41) is 5.79. The number of rotatable bonds is 5. The van der Waals surface area contributed by atoms with Gasteiger partial charge in [-0.2, -0.15) is 0 Å². The summed E-state index contributed by atoms with van der Waals surface area (Å²) in [5.41, 5.74) is 1.44. The lowest BCUT2D eigenvalue weighted by atomic mass is 9.91. The van der Waals surface area contributed by atoms with E-state index in [0.29, 0.717) is 6.04 Å². The maximum Gasteiger partial charge on any atom is 0.0303 e. The molecule has 1 nitrogen and oxygen atoms in total. The van der Waals surface area contributed by atoms with Crippen molar-refractivity contribution in [2.45, 2.75) is 32.2 Å². The molecule has 20 heavy (non-hydrogen) atoms. The monoisotopic (exact) mass is 415 g/mol. The van der Waals surface area contributed by atoms with Crippen molar-refractivity contribution in [3.05, 3.63) is 55.1 Å². The molecule has 108 valence electrons. The Morgan fingerprint density at radius 3 is 2.60 bits per heavy atom. The van der Waals surface area contributed by atoms with E-state index in [2.05, 4.69) is 93.7 Å². The third-order valence-electron chi connectivity index (χ3n) is 3.47. The summed E-state index contributed by atoms with van der Waals surface area (Å²) in [7, 11) is 0. The fourth-order valence-corrected chi connectivity index (χ4v) is 4.36. The number of nitrogens with one attached hydrogen (secondary N) is 1. The predicted octanol–water partition coefficient (Wildman–Crippen LogP) is 5.90. The molecule has 0 amide bonds. The Morgan fingerprint density at radius 1 is 1.25 bits per heavy atom. The van der Waals surface area contributed by atoms with Crippen molar-refractivity contribution in [2.75, 3.05) is 6.54 Å². The first-order valence-corrected chi connectivity index (χ1v) is 9.09. The molecule has 1 heterocycles. The molecule has 1 aromatic heterocycles. The zero-order valence-electron chi connectivity index (χ0n) is 11.9. The summed E-state index contributed by atoms with van der Waals surface area (Å²) in [5.74, 6) is 0. The Hall–Kier alpha value is -0.160. The lowest BCUT2D eigenvalue weighted by molar-refractivity contribution is 0.441. The van der Waals surface area contributed by atoms with Gasteiger partial charge < -0.3 is 5.32 Å². The van der Waals surface area contributed by atoms with Crippen LogP contribution in [-0.4, -0.2) is 6.54 Å². The Kier molecular flexibility index (Phi) is 5.46. The molecule has 0 aliphatic carbocycles. The van der Waals surface area contributed by atoms with Crippen molar-refractivity contribution in [3.8, 4) is 0 Å². The molecule has 0 fully saturated rings. The first kappa shape index (κ1) is 16.2. The molecule has 0 bridgehead atoms. The minimum atomic E-state index is 0.157. The van der Waals surface area contributed by atoms with Gasteiger partial charge in [-0.3, -0.25) is 0 Å². The average molecular weight is 417 g/mol. The molecule has 1 aromatic carbocycles. The maximum absolute atomic E-state index is 3.65. The van der Waals surface area contributed by atoms with E-state index in [1.54, 1.807) is 0 Å². The molecule has 0 saturated heterocycles. The van der Waals surface area contributed by atoms with Gasteiger partial charge in [-0.1, -0.05) is 57.8 Å². The minimum absolute atomic E-state index is 0.157. The summed E-state index contributed by atoms with van der Waals surface area (Å²) in [6, 6.07) is 11.0. The lowest BCUT2D eigenvalue weighted by Crippen LogP contribution is -2.33. The number of benzene rings is 1. The van der Waals surface area contributed by atoms with Gasteiger partial charge in [-0.25, -0.2) is 0 Å². The van der Waals surface area contributed by atoms with Gasteiger partial charge in [-0.05, 0) is 36.1 Å². The molecule has 0 spiro atoms. The molecule has 0 aliphatic heterocycles. The van der Waals surface area contributed by atoms with Crippen molar-refractivity contribution in [1.82, 2.24) is 5.32 Å². The quantitative estimate of drug-likeness (QED) is 0.639. The summed E-state index contributed by atoms with van der Waals surface area (Å²) in [4.78, 5) is 1.42. The Balaban J connectivity index is 2.03. The molecule has 4 heteroatoms. The normalized spacial score (nSPS) is 13.4. The van der Waals surface area contributed by atoms with E-state index in [-0.39, 0.29) is 5.41 Å². The third-order valence-corrected chi connectivity index (χ3v) is 5.88. The smallest absolute Gasteiger partial charge is 0.0303 e. The van der Waals surface area contributed by atoms with Gasteiger partial charge in [0.1, 0.15) is 0 Å². The van der Waals surface area contributed by atoms with Gasteiger partial charge in [0, 0.05) is 31.8 Å². The molecule has 0 aliphatic rings. The van der Waals surface area contributed by atoms with Crippen LogP contribution in [0.3, 0.4) is 0 Å². The molecule has 0 saturated carbocycles. The summed E-state index contributed by atoms with van der Waals surface area (Å²) >= 11 is 8.96. The van der Waals surface area contributed by atoms with Crippen molar-refractivity contribution in [3.63, 3.8) is 0 Å². The molecule has 2 rings (SSSR count). The molecular formula is C16H19Br2NS. The van der Waals surface area contributed by atoms with Gasteiger partial charge in [0.25, 0.3) is 0 Å². The van der Waals surface area contributed by atoms with E-state index in [1.165, 1.54) is 10.4 Å². The van der Waals surface area contributed by atoms with E-state index >= 15 is 0 Å². The maximum atomic E-state index is 3.65. The highest BCUT2D eigenvalue weighted by atomic mass is 79.9. The van der Waals surface area contributed by atoms with E-state index in [1.807, 2.05) is 11.3 Å². The SMILES string of the molecule is CC(NCC(C)(C)c1cccs1)c1ccc(Br)cc1Br. The Labute approximate surface area is 142 Å². The van der Waals surface area contributed by atoms with Crippen LogP contribution in [0.15, 0.2) is 44.7 Å². The summed E-state index contributed by atoms with van der Waals surface area (Å²) in [6.07, 6.45) is 0. The van der Waals surface area contributed by atoms with Crippen molar-refractivity contribution >= 4 is 43.2 Å². The van der Waals surface area contributed by atoms with Crippen LogP contribution in [0.1, 0.15) is 37.3 Å². The number of hydrogen-bond acceptors (Lipinski definition) is 2. The van der Waals surface area contributed by atoms with Gasteiger partial charge in [0.15, 0.2) is 0 Å². The molecule has 2 aromatic rings. The van der Waals surface area contributed by atoms with Crippen LogP contribution in [0.4, 0.5) is 0 Å². The van der Waals surface area contributed by atoms with Crippen molar-refractivity contribution in [2.24, 2.45) is 0 Å². The van der Waals surface area contributed by atoms with Gasteiger partial charge >= 0.3 is 0 Å². The Bertz CT molecular complexity index is 564. The second-order valence-electron chi connectivity index (χ2n) is 5.63. The van der Waals surface area contributed by atoms with Gasteiger partial charge in [0.2, 0.25) is 0 Å². The average Bonchev–Trinajstić information content (AvgIpc) is 2.90. The third kappa shape index (κ3) is 3.94. The molecular weight excluding hydrogens is 398 g/mol. The van der Waals surface area contributed by atoms with Gasteiger partial charge in [-0.15, -0.1) is 11.3 Å². The molecule has 1 atom stereocenters. The zero-order valence-corrected chi connectivity index (χ0v) is 15.9. The summed E-state index contributed by atoms with van der Waals surface area (Å²) < 4.78 is 2.24. The zero-order chi connectivity index (χ0) is 14.8. The standard InChI is InChI=1S/C16H19Br2NS/c1-11(13-7-6-12(17)9-14(13)18)19-10-16(2,3)15-5-4-8-20-15/h4-9,11,19H,10H2,1-3H3. The van der Waals surface area contributed by atoms with Crippen molar-refractivity contribution in [1.29, 1.82) is 0 Å². The van der Waals surface area contributed by atoms with Crippen LogP contribution < -0.4 is 5.32 Å². The van der Waals surface area contributed by atoms with E-state index in [0.717, 1.165) is 15.5 Å². The second-order valence-corrected chi connectivity index (χ2v) is 8.35. The fourth-order valence-electron chi connectivity index (χ4n) is 2.12. The minimum Gasteiger partial charge on any atom is -0.309 e. The molecule has 1 N–H and O–H groups in total. The van der Waals surface area contributed by atoms with Crippen LogP contribution in [0.2, 0.25) is 0 Å². The number of thiophene rings is 1. The van der Waals surface area contributed by atoms with Crippen LogP contribution in [0, 0.1) is 0 Å². The van der Waals surface area contributed by atoms with E-state index in [4.69, 9.17) is 0 Å². The second kappa shape index (κ2) is 6.73. The van der Waals surface area contributed by atoms with Crippen LogP contribution in [0.5, 0.6) is 0 Å².